The van der Waals surface area contributed by atoms with Crippen molar-refractivity contribution in [2.24, 2.45) is 0 Å². The van der Waals surface area contributed by atoms with Crippen LogP contribution in [-0.4, -0.2) is 12.1 Å². The smallest absolute Gasteiger partial charge is 0.212 e. The molecular weight excluding hydrogens is 258 g/mol. The van der Waals surface area contributed by atoms with E-state index in [2.05, 4.69) is 36.2 Å². The molecule has 0 saturated heterocycles. The van der Waals surface area contributed by atoms with E-state index in [4.69, 9.17) is 4.74 Å². The average molecular weight is 285 g/mol. The monoisotopic (exact) mass is 285 g/mol. The molecule has 0 amide bonds. The molecule has 0 radical (unpaired) electrons. The molecule has 2 rings (SSSR count). The van der Waals surface area contributed by atoms with Crippen LogP contribution in [0.3, 0.4) is 0 Å². The SMILES string of the molecule is CC.CCCCCc1ccc(-c2ccc(OC)nc2)cc1. The van der Waals surface area contributed by atoms with E-state index in [1.807, 2.05) is 32.2 Å². The summed E-state index contributed by atoms with van der Waals surface area (Å²) < 4.78 is 5.07. The van der Waals surface area contributed by atoms with E-state index in [-0.39, 0.29) is 0 Å². The van der Waals surface area contributed by atoms with Crippen molar-refractivity contribution in [1.82, 2.24) is 4.98 Å². The Labute approximate surface area is 129 Å². The zero-order chi connectivity index (χ0) is 15.5. The lowest BCUT2D eigenvalue weighted by Crippen LogP contribution is -1.88. The quantitative estimate of drug-likeness (QED) is 0.652. The maximum Gasteiger partial charge on any atom is 0.212 e. The lowest BCUT2D eigenvalue weighted by molar-refractivity contribution is 0.398. The van der Waals surface area contributed by atoms with E-state index >= 15 is 0 Å². The number of aryl methyl sites for hydroxylation is 1. The number of methoxy groups -OCH3 is 1. The summed E-state index contributed by atoms with van der Waals surface area (Å²) in [5, 5.41) is 0. The first-order valence-corrected chi connectivity index (χ1v) is 7.93. The summed E-state index contributed by atoms with van der Waals surface area (Å²) in [5.74, 6) is 0.653. The van der Waals surface area contributed by atoms with Crippen LogP contribution < -0.4 is 4.74 Å². The molecule has 0 aliphatic carbocycles. The number of rotatable bonds is 6. The Morgan fingerprint density at radius 1 is 0.905 bits per heavy atom. The van der Waals surface area contributed by atoms with Crippen molar-refractivity contribution < 1.29 is 4.74 Å². The third-order valence-corrected chi connectivity index (χ3v) is 3.30. The Balaban J connectivity index is 0.00000106. The predicted octanol–water partition coefficient (Wildman–Crippen LogP) is 5.52. The van der Waals surface area contributed by atoms with Gasteiger partial charge < -0.3 is 4.74 Å². The highest BCUT2D eigenvalue weighted by Crippen LogP contribution is 2.21. The van der Waals surface area contributed by atoms with E-state index in [0.29, 0.717) is 5.88 Å². The molecule has 0 spiro atoms. The number of aromatic nitrogens is 1. The number of nitrogens with zero attached hydrogens (tertiary/aromatic N) is 1. The van der Waals surface area contributed by atoms with Gasteiger partial charge in [0.05, 0.1) is 7.11 Å². The van der Waals surface area contributed by atoms with Gasteiger partial charge in [0.1, 0.15) is 0 Å². The minimum absolute atomic E-state index is 0.653. The Kier molecular flexibility index (Phi) is 8.18. The van der Waals surface area contributed by atoms with Gasteiger partial charge in [-0.2, -0.15) is 0 Å². The Hall–Kier alpha value is -1.83. The second-order valence-electron chi connectivity index (χ2n) is 4.74. The van der Waals surface area contributed by atoms with Crippen LogP contribution in [0.5, 0.6) is 5.88 Å². The number of unbranched alkanes of at least 4 members (excludes halogenated alkanes) is 2. The summed E-state index contributed by atoms with van der Waals surface area (Å²) in [6.07, 6.45) is 6.89. The fraction of sp³-hybridized carbons (Fsp3) is 0.421. The third kappa shape index (κ3) is 5.58. The van der Waals surface area contributed by atoms with Crippen molar-refractivity contribution in [2.75, 3.05) is 7.11 Å². The van der Waals surface area contributed by atoms with E-state index in [1.54, 1.807) is 7.11 Å². The second-order valence-corrected chi connectivity index (χ2v) is 4.74. The molecule has 0 aliphatic heterocycles. The Morgan fingerprint density at radius 3 is 2.10 bits per heavy atom. The molecule has 0 atom stereocenters. The highest BCUT2D eigenvalue weighted by molar-refractivity contribution is 5.62. The second kappa shape index (κ2) is 9.98. The topological polar surface area (TPSA) is 22.1 Å². The fourth-order valence-corrected chi connectivity index (χ4v) is 2.11. The van der Waals surface area contributed by atoms with Gasteiger partial charge in [0.25, 0.3) is 0 Å². The minimum atomic E-state index is 0.653. The Bertz CT molecular complexity index is 488. The van der Waals surface area contributed by atoms with Crippen LogP contribution >= 0.6 is 0 Å². The van der Waals surface area contributed by atoms with E-state index < -0.39 is 0 Å². The summed E-state index contributed by atoms with van der Waals surface area (Å²) in [5.41, 5.74) is 3.74. The largest absolute Gasteiger partial charge is 0.481 e. The molecule has 114 valence electrons. The first-order valence-electron chi connectivity index (χ1n) is 7.93. The van der Waals surface area contributed by atoms with Crippen LogP contribution in [0.1, 0.15) is 45.6 Å². The predicted molar refractivity (Wildman–Crippen MR) is 90.8 cm³/mol. The fourth-order valence-electron chi connectivity index (χ4n) is 2.11. The van der Waals surface area contributed by atoms with Crippen molar-refractivity contribution >= 4 is 0 Å². The molecule has 2 heteroatoms. The average Bonchev–Trinajstić information content (AvgIpc) is 2.58. The van der Waals surface area contributed by atoms with Gasteiger partial charge in [-0.3, -0.25) is 0 Å². The zero-order valence-electron chi connectivity index (χ0n) is 13.7. The molecule has 21 heavy (non-hydrogen) atoms. The molecule has 2 nitrogen and oxygen atoms in total. The molecule has 0 unspecified atom stereocenters. The zero-order valence-corrected chi connectivity index (χ0v) is 13.7. The van der Waals surface area contributed by atoms with Gasteiger partial charge in [-0.1, -0.05) is 57.9 Å². The van der Waals surface area contributed by atoms with Crippen molar-refractivity contribution in [3.8, 4) is 17.0 Å². The van der Waals surface area contributed by atoms with Crippen LogP contribution in [0.2, 0.25) is 0 Å². The normalized spacial score (nSPS) is 9.71. The van der Waals surface area contributed by atoms with Gasteiger partial charge in [-0.25, -0.2) is 4.98 Å². The molecule has 0 fully saturated rings. The van der Waals surface area contributed by atoms with Gasteiger partial charge in [0.15, 0.2) is 0 Å². The number of pyridine rings is 1. The summed E-state index contributed by atoms with van der Waals surface area (Å²) >= 11 is 0. The molecule has 0 saturated carbocycles. The van der Waals surface area contributed by atoms with Crippen LogP contribution in [0.15, 0.2) is 42.6 Å². The van der Waals surface area contributed by atoms with Crippen LogP contribution in [0.4, 0.5) is 0 Å². The van der Waals surface area contributed by atoms with Crippen molar-refractivity contribution in [2.45, 2.75) is 46.5 Å². The summed E-state index contributed by atoms with van der Waals surface area (Å²) in [4.78, 5) is 4.23. The molecule has 0 aliphatic rings. The first kappa shape index (κ1) is 17.2. The molecule has 0 bridgehead atoms. The van der Waals surface area contributed by atoms with Crippen molar-refractivity contribution in [3.05, 3.63) is 48.2 Å². The summed E-state index contributed by atoms with van der Waals surface area (Å²) in [7, 11) is 1.63. The lowest BCUT2D eigenvalue weighted by atomic mass is 10.0. The van der Waals surface area contributed by atoms with E-state index in [1.165, 1.54) is 36.8 Å². The van der Waals surface area contributed by atoms with Crippen LogP contribution in [-0.2, 0) is 6.42 Å². The first-order chi connectivity index (χ1) is 10.3. The number of ether oxygens (including phenoxy) is 1. The van der Waals surface area contributed by atoms with Crippen LogP contribution in [0.25, 0.3) is 11.1 Å². The van der Waals surface area contributed by atoms with Gasteiger partial charge >= 0.3 is 0 Å². The third-order valence-electron chi connectivity index (χ3n) is 3.30. The molecule has 0 N–H and O–H groups in total. The maximum atomic E-state index is 5.07. The molecule has 1 aromatic heterocycles. The van der Waals surface area contributed by atoms with Gasteiger partial charge in [0, 0.05) is 17.8 Å². The van der Waals surface area contributed by atoms with E-state index in [0.717, 1.165) is 5.56 Å². The Morgan fingerprint density at radius 2 is 1.57 bits per heavy atom. The number of benzene rings is 1. The van der Waals surface area contributed by atoms with Crippen LogP contribution in [0, 0.1) is 0 Å². The number of hydrogen-bond donors (Lipinski definition) is 0. The number of hydrogen-bond acceptors (Lipinski definition) is 2. The van der Waals surface area contributed by atoms with E-state index in [9.17, 15) is 0 Å². The van der Waals surface area contributed by atoms with Crippen molar-refractivity contribution in [3.63, 3.8) is 0 Å². The van der Waals surface area contributed by atoms with Gasteiger partial charge in [-0.15, -0.1) is 0 Å². The highest BCUT2D eigenvalue weighted by Gasteiger charge is 2.00. The van der Waals surface area contributed by atoms with Crippen molar-refractivity contribution in [1.29, 1.82) is 0 Å². The van der Waals surface area contributed by atoms with Gasteiger partial charge in [0.2, 0.25) is 5.88 Å². The molecule has 1 aromatic carbocycles. The minimum Gasteiger partial charge on any atom is -0.481 e. The highest BCUT2D eigenvalue weighted by atomic mass is 16.5. The lowest BCUT2D eigenvalue weighted by Gasteiger charge is -2.05. The molecular formula is C19H27NO. The molecule has 2 aromatic rings. The summed E-state index contributed by atoms with van der Waals surface area (Å²) in [6, 6.07) is 12.7. The standard InChI is InChI=1S/C17H21NO.C2H6/c1-3-4-5-6-14-7-9-15(10-8-14)16-11-12-17(19-2)18-13-16;1-2/h7-13H,3-6H2,1-2H3;1-2H3. The maximum absolute atomic E-state index is 5.07. The molecule has 1 heterocycles. The summed E-state index contributed by atoms with van der Waals surface area (Å²) in [6.45, 7) is 6.24. The van der Waals surface area contributed by atoms with Gasteiger partial charge in [-0.05, 0) is 30.0 Å².